The first-order valence-corrected chi connectivity index (χ1v) is 7.14. The summed E-state index contributed by atoms with van der Waals surface area (Å²) in [4.78, 5) is 34.6. The Bertz CT molecular complexity index is 459. The molecule has 1 unspecified atom stereocenters. The van der Waals surface area contributed by atoms with Crippen molar-refractivity contribution >= 4 is 17.8 Å². The van der Waals surface area contributed by atoms with Crippen LogP contribution >= 0.6 is 0 Å². The molecule has 8 nitrogen and oxygen atoms in total. The third kappa shape index (κ3) is 9.30. The number of hydrogen-bond acceptors (Lipinski definition) is 5. The van der Waals surface area contributed by atoms with Gasteiger partial charge in [0.15, 0.2) is 0 Å². The van der Waals surface area contributed by atoms with E-state index < -0.39 is 24.5 Å². The first-order valence-electron chi connectivity index (χ1n) is 7.14. The summed E-state index contributed by atoms with van der Waals surface area (Å²) in [6.07, 6.45) is 1.21. The smallest absolute Gasteiger partial charge is 0.320 e. The van der Waals surface area contributed by atoms with Crippen molar-refractivity contribution in [3.63, 3.8) is 0 Å². The quantitative estimate of drug-likeness (QED) is 0.236. The van der Waals surface area contributed by atoms with Crippen molar-refractivity contribution in [2.45, 2.75) is 32.2 Å². The maximum atomic E-state index is 11.3. The van der Waals surface area contributed by atoms with Crippen LogP contribution in [0.25, 0.3) is 0 Å². The Kier molecular flexibility index (Phi) is 9.33. The second kappa shape index (κ2) is 10.4. The molecule has 0 rings (SSSR count). The van der Waals surface area contributed by atoms with Crippen LogP contribution in [0, 0.1) is 0 Å². The molecule has 1 amide bonds. The SMILES string of the molecule is C=C(O)CN(CC(=O)O)C(CCCCNC(=O)C(=C)C)C(=O)O. The predicted molar refractivity (Wildman–Crippen MR) is 84.1 cm³/mol. The van der Waals surface area contributed by atoms with Gasteiger partial charge in [-0.3, -0.25) is 19.3 Å². The monoisotopic (exact) mass is 328 g/mol. The zero-order valence-electron chi connectivity index (χ0n) is 13.2. The number of nitrogens with one attached hydrogen (secondary N) is 1. The van der Waals surface area contributed by atoms with Gasteiger partial charge in [-0.15, -0.1) is 0 Å². The van der Waals surface area contributed by atoms with Gasteiger partial charge in [0.1, 0.15) is 6.04 Å². The second-order valence-electron chi connectivity index (χ2n) is 5.25. The number of carboxylic acid groups (broad SMARTS) is 2. The fourth-order valence-corrected chi connectivity index (χ4v) is 1.96. The molecule has 130 valence electrons. The summed E-state index contributed by atoms with van der Waals surface area (Å²) in [5.74, 6) is -2.92. The van der Waals surface area contributed by atoms with Gasteiger partial charge in [0.05, 0.1) is 18.8 Å². The van der Waals surface area contributed by atoms with E-state index in [4.69, 9.17) is 5.11 Å². The third-order valence-electron chi connectivity index (χ3n) is 3.03. The van der Waals surface area contributed by atoms with Crippen molar-refractivity contribution in [1.29, 1.82) is 0 Å². The fraction of sp³-hybridized carbons (Fsp3) is 0.533. The molecule has 0 aromatic heterocycles. The molecule has 0 aromatic rings. The van der Waals surface area contributed by atoms with Crippen LogP contribution in [0.15, 0.2) is 24.5 Å². The number of carboxylic acids is 2. The molecule has 4 N–H and O–H groups in total. The van der Waals surface area contributed by atoms with Gasteiger partial charge in [-0.1, -0.05) is 13.2 Å². The van der Waals surface area contributed by atoms with E-state index >= 15 is 0 Å². The predicted octanol–water partition coefficient (Wildman–Crippen LogP) is 0.761. The van der Waals surface area contributed by atoms with Gasteiger partial charge in [-0.25, -0.2) is 0 Å². The highest BCUT2D eigenvalue weighted by Crippen LogP contribution is 2.11. The van der Waals surface area contributed by atoms with Crippen molar-refractivity contribution in [2.75, 3.05) is 19.6 Å². The second-order valence-corrected chi connectivity index (χ2v) is 5.25. The number of unbranched alkanes of at least 4 members (excludes halogenated alkanes) is 1. The number of nitrogens with zero attached hydrogens (tertiary/aromatic N) is 1. The lowest BCUT2D eigenvalue weighted by molar-refractivity contribution is -0.146. The highest BCUT2D eigenvalue weighted by molar-refractivity contribution is 5.92. The minimum absolute atomic E-state index is 0.193. The summed E-state index contributed by atoms with van der Waals surface area (Å²) in [6, 6.07) is -1.05. The molecule has 0 saturated carbocycles. The lowest BCUT2D eigenvalue weighted by atomic mass is 10.1. The van der Waals surface area contributed by atoms with Gasteiger partial charge in [-0.2, -0.15) is 0 Å². The van der Waals surface area contributed by atoms with Crippen molar-refractivity contribution in [3.8, 4) is 0 Å². The summed E-state index contributed by atoms with van der Waals surface area (Å²) in [5.41, 5.74) is 0.391. The van der Waals surface area contributed by atoms with Gasteiger partial charge in [-0.05, 0) is 26.2 Å². The van der Waals surface area contributed by atoms with Gasteiger partial charge in [0.2, 0.25) is 5.91 Å². The number of aliphatic carboxylic acids is 2. The van der Waals surface area contributed by atoms with Crippen LogP contribution in [0.4, 0.5) is 0 Å². The summed E-state index contributed by atoms with van der Waals surface area (Å²) >= 11 is 0. The number of aliphatic hydroxyl groups is 1. The molecule has 0 fully saturated rings. The average Bonchev–Trinajstić information content (AvgIpc) is 2.39. The van der Waals surface area contributed by atoms with Crippen molar-refractivity contribution < 1.29 is 29.7 Å². The van der Waals surface area contributed by atoms with E-state index in [1.54, 1.807) is 6.92 Å². The fourth-order valence-electron chi connectivity index (χ4n) is 1.96. The maximum Gasteiger partial charge on any atom is 0.320 e. The molecular formula is C15H24N2O6. The summed E-state index contributed by atoms with van der Waals surface area (Å²) in [5, 5.41) is 30.0. The first-order chi connectivity index (χ1) is 10.6. The molecule has 0 aliphatic heterocycles. The van der Waals surface area contributed by atoms with Crippen LogP contribution in [0.2, 0.25) is 0 Å². The normalized spacial score (nSPS) is 11.7. The van der Waals surface area contributed by atoms with E-state index in [1.165, 1.54) is 0 Å². The molecule has 23 heavy (non-hydrogen) atoms. The minimum atomic E-state index is -1.19. The third-order valence-corrected chi connectivity index (χ3v) is 3.03. The van der Waals surface area contributed by atoms with Crippen molar-refractivity contribution in [3.05, 3.63) is 24.5 Å². The average molecular weight is 328 g/mol. The Morgan fingerprint density at radius 3 is 2.13 bits per heavy atom. The zero-order chi connectivity index (χ0) is 18.0. The Morgan fingerprint density at radius 2 is 1.70 bits per heavy atom. The molecule has 0 heterocycles. The zero-order valence-corrected chi connectivity index (χ0v) is 13.2. The minimum Gasteiger partial charge on any atom is -0.512 e. The number of amides is 1. The Hall–Kier alpha value is -2.35. The summed E-state index contributed by atoms with van der Waals surface area (Å²) < 4.78 is 0. The van der Waals surface area contributed by atoms with Crippen LogP contribution in [-0.2, 0) is 14.4 Å². The molecule has 0 aliphatic carbocycles. The van der Waals surface area contributed by atoms with Crippen molar-refractivity contribution in [2.24, 2.45) is 0 Å². The van der Waals surface area contributed by atoms with E-state index in [0.717, 1.165) is 4.90 Å². The maximum absolute atomic E-state index is 11.3. The van der Waals surface area contributed by atoms with E-state index in [1.807, 2.05) is 0 Å². The molecule has 0 saturated heterocycles. The van der Waals surface area contributed by atoms with Crippen LogP contribution in [0.1, 0.15) is 26.2 Å². The number of hydrogen-bond donors (Lipinski definition) is 4. The standard InChI is InChI=1S/C15H24N2O6/c1-10(2)14(21)16-7-5-4-6-12(15(22)23)17(8-11(3)18)9-13(19)20/h12,18H,1,3-9H2,2H3,(H,16,21)(H,19,20)(H,22,23). The van der Waals surface area contributed by atoms with Gasteiger partial charge < -0.3 is 20.6 Å². The van der Waals surface area contributed by atoms with E-state index in [-0.39, 0.29) is 24.6 Å². The van der Waals surface area contributed by atoms with E-state index in [9.17, 15) is 24.6 Å². The van der Waals surface area contributed by atoms with Crippen molar-refractivity contribution in [1.82, 2.24) is 10.2 Å². The lowest BCUT2D eigenvalue weighted by Gasteiger charge is -2.26. The van der Waals surface area contributed by atoms with Gasteiger partial charge in [0.25, 0.3) is 0 Å². The van der Waals surface area contributed by atoms with Crippen LogP contribution in [0.5, 0.6) is 0 Å². The molecule has 0 aliphatic rings. The molecular weight excluding hydrogens is 304 g/mol. The van der Waals surface area contributed by atoms with E-state index in [0.29, 0.717) is 25.0 Å². The van der Waals surface area contributed by atoms with Crippen LogP contribution in [0.3, 0.4) is 0 Å². The largest absolute Gasteiger partial charge is 0.512 e. The number of carbonyl (C=O) groups excluding carboxylic acids is 1. The molecule has 0 aromatic carbocycles. The van der Waals surface area contributed by atoms with Gasteiger partial charge in [0, 0.05) is 12.1 Å². The first kappa shape index (κ1) is 20.6. The van der Waals surface area contributed by atoms with Crippen LogP contribution < -0.4 is 5.32 Å². The molecule has 0 radical (unpaired) electrons. The Morgan fingerprint density at radius 1 is 1.09 bits per heavy atom. The Balaban J connectivity index is 4.49. The summed E-state index contributed by atoms with van der Waals surface area (Å²) in [6.45, 7) is 7.99. The Labute approximate surface area is 135 Å². The number of carbonyl (C=O) groups is 3. The summed E-state index contributed by atoms with van der Waals surface area (Å²) in [7, 11) is 0. The number of rotatable bonds is 12. The highest BCUT2D eigenvalue weighted by atomic mass is 16.4. The lowest BCUT2D eigenvalue weighted by Crippen LogP contribution is -2.45. The van der Waals surface area contributed by atoms with E-state index in [2.05, 4.69) is 18.5 Å². The molecule has 1 atom stereocenters. The number of aliphatic hydroxyl groups excluding tert-OH is 1. The van der Waals surface area contributed by atoms with Crippen LogP contribution in [-0.4, -0.2) is 63.7 Å². The molecule has 8 heteroatoms. The molecule has 0 spiro atoms. The molecule has 0 bridgehead atoms. The van der Waals surface area contributed by atoms with Gasteiger partial charge >= 0.3 is 11.9 Å². The topological polar surface area (TPSA) is 127 Å². The highest BCUT2D eigenvalue weighted by Gasteiger charge is 2.27.